The molecule has 0 amide bonds. The van der Waals surface area contributed by atoms with Crippen molar-refractivity contribution in [2.75, 3.05) is 20.8 Å². The van der Waals surface area contributed by atoms with Crippen molar-refractivity contribution in [1.82, 2.24) is 0 Å². The summed E-state index contributed by atoms with van der Waals surface area (Å²) >= 11 is 0. The van der Waals surface area contributed by atoms with Gasteiger partial charge < -0.3 is 14.6 Å². The zero-order valence-electron chi connectivity index (χ0n) is 6.16. The Balaban J connectivity index is 3.37. The molecule has 0 spiro atoms. The van der Waals surface area contributed by atoms with Crippen molar-refractivity contribution < 1.29 is 19.4 Å². The summed E-state index contributed by atoms with van der Waals surface area (Å²) in [7, 11) is 2.74. The van der Waals surface area contributed by atoms with Gasteiger partial charge in [0.05, 0.1) is 26.2 Å². The Morgan fingerprint density at radius 2 is 2.20 bits per heavy atom. The van der Waals surface area contributed by atoms with E-state index in [4.69, 9.17) is 5.11 Å². The smallest absolute Gasteiger partial charge is 0.308 e. The second-order valence-corrected chi connectivity index (χ2v) is 1.89. The molecule has 10 heavy (non-hydrogen) atoms. The summed E-state index contributed by atoms with van der Waals surface area (Å²) < 4.78 is 8.90. The Hall–Kier alpha value is -0.610. The molecule has 0 unspecified atom stereocenters. The van der Waals surface area contributed by atoms with Gasteiger partial charge in [0.15, 0.2) is 0 Å². The molecule has 4 nitrogen and oxygen atoms in total. The maximum atomic E-state index is 10.5. The predicted octanol–water partition coefficient (Wildman–Crippen LogP) is -0.443. The van der Waals surface area contributed by atoms with Gasteiger partial charge in [0.25, 0.3) is 0 Å². The number of hydrogen-bond donors (Lipinski definition) is 1. The van der Waals surface area contributed by atoms with Gasteiger partial charge >= 0.3 is 5.97 Å². The fourth-order valence-corrected chi connectivity index (χ4v) is 0.527. The molecule has 1 N–H and O–H groups in total. The molecule has 0 radical (unpaired) electrons. The first-order valence-electron chi connectivity index (χ1n) is 2.94. The van der Waals surface area contributed by atoms with Gasteiger partial charge in [0, 0.05) is 7.11 Å². The highest BCUT2D eigenvalue weighted by atomic mass is 16.5. The standard InChI is InChI=1S/C6H12O4/c1-9-4-5(7)3-6(8)10-2/h5,7H,3-4H2,1-2H3/t5-/m0/s1. The van der Waals surface area contributed by atoms with Gasteiger partial charge in [-0.05, 0) is 0 Å². The summed E-state index contributed by atoms with van der Waals surface area (Å²) in [6.45, 7) is 0.162. The van der Waals surface area contributed by atoms with Gasteiger partial charge in [-0.1, -0.05) is 0 Å². The molecule has 4 heteroatoms. The van der Waals surface area contributed by atoms with Crippen molar-refractivity contribution in [2.45, 2.75) is 12.5 Å². The third-order valence-corrected chi connectivity index (χ3v) is 0.989. The summed E-state index contributed by atoms with van der Waals surface area (Å²) in [5, 5.41) is 8.92. The molecular weight excluding hydrogens is 136 g/mol. The molecule has 0 fully saturated rings. The van der Waals surface area contributed by atoms with Crippen molar-refractivity contribution in [3.63, 3.8) is 0 Å². The average Bonchev–Trinajstić information content (AvgIpc) is 1.88. The van der Waals surface area contributed by atoms with Gasteiger partial charge in [-0.25, -0.2) is 0 Å². The van der Waals surface area contributed by atoms with E-state index in [2.05, 4.69) is 9.47 Å². The third kappa shape index (κ3) is 4.29. The predicted molar refractivity (Wildman–Crippen MR) is 34.5 cm³/mol. The Bertz CT molecular complexity index is 102. The molecule has 0 aromatic rings. The zero-order valence-corrected chi connectivity index (χ0v) is 6.16. The number of aliphatic hydroxyl groups excluding tert-OH is 1. The largest absolute Gasteiger partial charge is 0.469 e. The number of rotatable bonds is 4. The SMILES string of the molecule is COC[C@@H](O)CC(=O)OC. The van der Waals surface area contributed by atoms with Crippen LogP contribution in [-0.4, -0.2) is 38.0 Å². The molecule has 0 heterocycles. The van der Waals surface area contributed by atoms with Gasteiger partial charge in [0.1, 0.15) is 0 Å². The van der Waals surface area contributed by atoms with E-state index in [9.17, 15) is 4.79 Å². The topological polar surface area (TPSA) is 55.8 Å². The van der Waals surface area contributed by atoms with E-state index in [0.717, 1.165) is 0 Å². The fraction of sp³-hybridized carbons (Fsp3) is 0.833. The van der Waals surface area contributed by atoms with Crippen LogP contribution < -0.4 is 0 Å². The van der Waals surface area contributed by atoms with Crippen LogP contribution >= 0.6 is 0 Å². The van der Waals surface area contributed by atoms with Crippen molar-refractivity contribution in [2.24, 2.45) is 0 Å². The number of ether oxygens (including phenoxy) is 2. The molecule has 60 valence electrons. The summed E-state index contributed by atoms with van der Waals surface area (Å²) in [4.78, 5) is 10.5. The summed E-state index contributed by atoms with van der Waals surface area (Å²) in [5.74, 6) is -0.426. The molecule has 0 aliphatic rings. The molecule has 0 aromatic heterocycles. The summed E-state index contributed by atoms with van der Waals surface area (Å²) in [6, 6.07) is 0. The highest BCUT2D eigenvalue weighted by Gasteiger charge is 2.09. The van der Waals surface area contributed by atoms with Crippen LogP contribution in [-0.2, 0) is 14.3 Å². The van der Waals surface area contributed by atoms with Crippen LogP contribution in [0, 0.1) is 0 Å². The molecule has 0 rings (SSSR count). The number of carbonyl (C=O) groups excluding carboxylic acids is 1. The van der Waals surface area contributed by atoms with Crippen molar-refractivity contribution >= 4 is 5.97 Å². The number of carbonyl (C=O) groups is 1. The van der Waals surface area contributed by atoms with Crippen LogP contribution in [0.15, 0.2) is 0 Å². The molecular formula is C6H12O4. The first-order valence-corrected chi connectivity index (χ1v) is 2.94. The van der Waals surface area contributed by atoms with Crippen LogP contribution in [0.5, 0.6) is 0 Å². The second-order valence-electron chi connectivity index (χ2n) is 1.89. The maximum Gasteiger partial charge on any atom is 0.308 e. The molecule has 0 aliphatic heterocycles. The van der Waals surface area contributed by atoms with Crippen molar-refractivity contribution in [1.29, 1.82) is 0 Å². The summed E-state index contributed by atoms with van der Waals surface area (Å²) in [5.41, 5.74) is 0. The van der Waals surface area contributed by atoms with Crippen molar-refractivity contribution in [3.05, 3.63) is 0 Å². The number of aliphatic hydroxyl groups is 1. The minimum Gasteiger partial charge on any atom is -0.469 e. The van der Waals surface area contributed by atoms with E-state index in [-0.39, 0.29) is 13.0 Å². The van der Waals surface area contributed by atoms with Crippen LogP contribution in [0.2, 0.25) is 0 Å². The monoisotopic (exact) mass is 148 g/mol. The minimum absolute atomic E-state index is 0.00958. The van der Waals surface area contributed by atoms with Crippen LogP contribution in [0.4, 0.5) is 0 Å². The lowest BCUT2D eigenvalue weighted by Crippen LogP contribution is -2.19. The Kier molecular flexibility index (Phi) is 4.88. The lowest BCUT2D eigenvalue weighted by atomic mass is 10.3. The second kappa shape index (κ2) is 5.20. The zero-order chi connectivity index (χ0) is 7.98. The van der Waals surface area contributed by atoms with Crippen LogP contribution in [0.25, 0.3) is 0 Å². The minimum atomic E-state index is -0.752. The molecule has 1 atom stereocenters. The van der Waals surface area contributed by atoms with Gasteiger partial charge in [-0.3, -0.25) is 4.79 Å². The molecule has 0 aliphatic carbocycles. The maximum absolute atomic E-state index is 10.5. The fourth-order valence-electron chi connectivity index (χ4n) is 0.527. The van der Waals surface area contributed by atoms with Gasteiger partial charge in [-0.15, -0.1) is 0 Å². The van der Waals surface area contributed by atoms with Crippen LogP contribution in [0.1, 0.15) is 6.42 Å². The molecule has 0 bridgehead atoms. The van der Waals surface area contributed by atoms with E-state index >= 15 is 0 Å². The molecule has 0 aromatic carbocycles. The number of hydrogen-bond acceptors (Lipinski definition) is 4. The van der Waals surface area contributed by atoms with Crippen molar-refractivity contribution in [3.8, 4) is 0 Å². The lowest BCUT2D eigenvalue weighted by molar-refractivity contribution is -0.143. The van der Waals surface area contributed by atoms with Gasteiger partial charge in [-0.2, -0.15) is 0 Å². The molecule has 0 saturated heterocycles. The van der Waals surface area contributed by atoms with Gasteiger partial charge in [0.2, 0.25) is 0 Å². The van der Waals surface area contributed by atoms with E-state index in [1.54, 1.807) is 0 Å². The Morgan fingerprint density at radius 3 is 2.60 bits per heavy atom. The summed E-state index contributed by atoms with van der Waals surface area (Å²) in [6.07, 6.45) is -0.762. The van der Waals surface area contributed by atoms with Crippen LogP contribution in [0.3, 0.4) is 0 Å². The Morgan fingerprint density at radius 1 is 1.60 bits per heavy atom. The average molecular weight is 148 g/mol. The van der Waals surface area contributed by atoms with E-state index < -0.39 is 12.1 Å². The Labute approximate surface area is 59.7 Å². The first-order chi connectivity index (χ1) is 4.70. The van der Waals surface area contributed by atoms with E-state index in [0.29, 0.717) is 0 Å². The third-order valence-electron chi connectivity index (χ3n) is 0.989. The first kappa shape index (κ1) is 9.39. The quantitative estimate of drug-likeness (QED) is 0.549. The normalized spacial score (nSPS) is 12.7. The highest BCUT2D eigenvalue weighted by molar-refractivity contribution is 5.69. The number of methoxy groups -OCH3 is 2. The highest BCUT2D eigenvalue weighted by Crippen LogP contribution is 1.93. The number of esters is 1. The van der Waals surface area contributed by atoms with E-state index in [1.807, 2.05) is 0 Å². The van der Waals surface area contributed by atoms with E-state index in [1.165, 1.54) is 14.2 Å². The molecule has 0 saturated carbocycles. The lowest BCUT2D eigenvalue weighted by Gasteiger charge is -2.06.